The first-order valence-electron chi connectivity index (χ1n) is 4.92. The van der Waals surface area contributed by atoms with Crippen molar-refractivity contribution in [1.82, 2.24) is 9.97 Å². The summed E-state index contributed by atoms with van der Waals surface area (Å²) in [5, 5.41) is 1.50. The van der Waals surface area contributed by atoms with Gasteiger partial charge in [-0.05, 0) is 18.5 Å². The van der Waals surface area contributed by atoms with Crippen molar-refractivity contribution in [2.24, 2.45) is 0 Å². The molecule has 0 aliphatic heterocycles. The molecular formula is C9H8ClF6N3. The number of hydrogen-bond acceptors (Lipinski definition) is 3. The summed E-state index contributed by atoms with van der Waals surface area (Å²) < 4.78 is 73.4. The molecule has 1 N–H and O–H groups in total. The van der Waals surface area contributed by atoms with Crippen LogP contribution in [0.3, 0.4) is 0 Å². The van der Waals surface area contributed by atoms with Crippen LogP contribution in [0.25, 0.3) is 0 Å². The Morgan fingerprint density at radius 3 is 2.26 bits per heavy atom. The van der Waals surface area contributed by atoms with Gasteiger partial charge in [-0.15, -0.1) is 0 Å². The van der Waals surface area contributed by atoms with E-state index in [4.69, 9.17) is 11.6 Å². The Hall–Kier alpha value is -1.25. The van der Waals surface area contributed by atoms with Crippen molar-refractivity contribution in [3.05, 3.63) is 17.0 Å². The van der Waals surface area contributed by atoms with E-state index in [2.05, 4.69) is 15.3 Å². The van der Waals surface area contributed by atoms with Crippen LogP contribution in [-0.4, -0.2) is 22.2 Å². The Labute approximate surface area is 109 Å². The lowest BCUT2D eigenvalue weighted by Gasteiger charge is -2.17. The Morgan fingerprint density at radius 2 is 1.79 bits per heavy atom. The summed E-state index contributed by atoms with van der Waals surface area (Å²) in [5.41, 5.74) is -1.32. The van der Waals surface area contributed by atoms with E-state index in [1.165, 1.54) is 0 Å². The van der Waals surface area contributed by atoms with Crippen molar-refractivity contribution in [2.75, 3.05) is 5.32 Å². The van der Waals surface area contributed by atoms with Crippen molar-refractivity contribution in [3.63, 3.8) is 0 Å². The van der Waals surface area contributed by atoms with E-state index in [-0.39, 0.29) is 0 Å². The number of aromatic nitrogens is 2. The monoisotopic (exact) mass is 307 g/mol. The van der Waals surface area contributed by atoms with Gasteiger partial charge in [0.1, 0.15) is 5.82 Å². The van der Waals surface area contributed by atoms with E-state index in [0.29, 0.717) is 6.07 Å². The van der Waals surface area contributed by atoms with Gasteiger partial charge in [0, 0.05) is 12.1 Å². The van der Waals surface area contributed by atoms with E-state index >= 15 is 0 Å². The van der Waals surface area contributed by atoms with Crippen LogP contribution in [0, 0.1) is 0 Å². The van der Waals surface area contributed by atoms with Crippen LogP contribution in [0.5, 0.6) is 0 Å². The largest absolute Gasteiger partial charge is 0.433 e. The number of nitrogens with zero attached hydrogens (tertiary/aromatic N) is 2. The molecule has 0 saturated carbocycles. The van der Waals surface area contributed by atoms with E-state index in [1.807, 2.05) is 0 Å². The highest BCUT2D eigenvalue weighted by Gasteiger charge is 2.34. The molecule has 0 aliphatic rings. The predicted molar refractivity (Wildman–Crippen MR) is 55.8 cm³/mol. The molecule has 0 spiro atoms. The summed E-state index contributed by atoms with van der Waals surface area (Å²) in [6, 6.07) is -0.647. The SMILES string of the molecule is CC(CC(F)(F)F)Nc1cc(C(F)(F)F)nc(Cl)n1. The summed E-state index contributed by atoms with van der Waals surface area (Å²) in [7, 11) is 0. The van der Waals surface area contributed by atoms with E-state index < -0.39 is 41.6 Å². The third-order valence-electron chi connectivity index (χ3n) is 1.92. The number of anilines is 1. The maximum atomic E-state index is 12.4. The topological polar surface area (TPSA) is 37.8 Å². The Balaban J connectivity index is 2.87. The maximum absolute atomic E-state index is 12.4. The molecule has 1 rings (SSSR count). The van der Waals surface area contributed by atoms with Gasteiger partial charge in [0.05, 0.1) is 6.42 Å². The summed E-state index contributed by atoms with van der Waals surface area (Å²) in [6.07, 6.45) is -10.4. The zero-order chi connectivity index (χ0) is 14.8. The lowest BCUT2D eigenvalue weighted by atomic mass is 10.2. The lowest BCUT2D eigenvalue weighted by Crippen LogP contribution is -2.24. The van der Waals surface area contributed by atoms with Gasteiger partial charge in [-0.1, -0.05) is 0 Å². The highest BCUT2D eigenvalue weighted by atomic mass is 35.5. The number of alkyl halides is 6. The molecule has 1 heterocycles. The molecule has 0 radical (unpaired) electrons. The highest BCUT2D eigenvalue weighted by molar-refractivity contribution is 6.28. The number of hydrogen-bond donors (Lipinski definition) is 1. The first-order chi connectivity index (χ1) is 8.47. The lowest BCUT2D eigenvalue weighted by molar-refractivity contribution is -0.141. The first kappa shape index (κ1) is 15.8. The number of halogens is 7. The Kier molecular flexibility index (Phi) is 4.49. The van der Waals surface area contributed by atoms with Crippen LogP contribution >= 0.6 is 11.6 Å². The third-order valence-corrected chi connectivity index (χ3v) is 2.09. The standard InChI is InChI=1S/C9H8ClF6N3/c1-4(3-8(11,12)13)17-6-2-5(9(14,15)16)18-7(10)19-6/h2,4H,3H2,1H3,(H,17,18,19). The van der Waals surface area contributed by atoms with Crippen molar-refractivity contribution in [1.29, 1.82) is 0 Å². The van der Waals surface area contributed by atoms with Gasteiger partial charge >= 0.3 is 12.4 Å². The zero-order valence-electron chi connectivity index (χ0n) is 9.40. The molecular weight excluding hydrogens is 300 g/mol. The van der Waals surface area contributed by atoms with Gasteiger partial charge in [-0.25, -0.2) is 9.97 Å². The molecule has 0 bridgehead atoms. The van der Waals surface area contributed by atoms with E-state index in [9.17, 15) is 26.3 Å². The molecule has 1 unspecified atom stereocenters. The molecule has 19 heavy (non-hydrogen) atoms. The van der Waals surface area contributed by atoms with Crippen LogP contribution in [0.4, 0.5) is 32.2 Å². The Morgan fingerprint density at radius 1 is 1.21 bits per heavy atom. The summed E-state index contributed by atoms with van der Waals surface area (Å²) in [6.45, 7) is 1.16. The third kappa shape index (κ3) is 5.50. The van der Waals surface area contributed by atoms with Gasteiger partial charge < -0.3 is 5.32 Å². The molecule has 1 atom stereocenters. The molecule has 108 valence electrons. The molecule has 3 nitrogen and oxygen atoms in total. The second-order valence-corrected chi connectivity index (χ2v) is 4.11. The molecule has 1 aromatic rings. The molecule has 0 aliphatic carbocycles. The summed E-state index contributed by atoms with van der Waals surface area (Å²) in [4.78, 5) is 6.35. The minimum absolute atomic E-state index is 0.413. The summed E-state index contributed by atoms with van der Waals surface area (Å²) >= 11 is 5.29. The minimum atomic E-state index is -4.75. The molecule has 10 heteroatoms. The Bertz CT molecular complexity index is 445. The minimum Gasteiger partial charge on any atom is -0.367 e. The first-order valence-corrected chi connectivity index (χ1v) is 5.30. The van der Waals surface area contributed by atoms with Crippen LogP contribution in [0.15, 0.2) is 6.07 Å². The molecule has 0 fully saturated rings. The zero-order valence-corrected chi connectivity index (χ0v) is 10.2. The fourth-order valence-corrected chi connectivity index (χ4v) is 1.47. The average molecular weight is 308 g/mol. The predicted octanol–water partition coefficient (Wildman–Crippen LogP) is 3.90. The normalized spacial score (nSPS) is 14.3. The van der Waals surface area contributed by atoms with Gasteiger partial charge in [0.2, 0.25) is 5.28 Å². The number of nitrogens with one attached hydrogen (secondary N) is 1. The van der Waals surface area contributed by atoms with E-state index in [0.717, 1.165) is 6.92 Å². The van der Waals surface area contributed by atoms with Gasteiger partial charge in [-0.2, -0.15) is 26.3 Å². The average Bonchev–Trinajstić information content (AvgIpc) is 2.11. The van der Waals surface area contributed by atoms with Gasteiger partial charge in [-0.3, -0.25) is 0 Å². The van der Waals surface area contributed by atoms with Crippen molar-refractivity contribution < 1.29 is 26.3 Å². The van der Waals surface area contributed by atoms with Gasteiger partial charge in [0.15, 0.2) is 5.69 Å². The van der Waals surface area contributed by atoms with E-state index in [1.54, 1.807) is 0 Å². The fraction of sp³-hybridized carbons (Fsp3) is 0.556. The van der Waals surface area contributed by atoms with Gasteiger partial charge in [0.25, 0.3) is 0 Å². The van der Waals surface area contributed by atoms with Crippen LogP contribution < -0.4 is 5.32 Å². The molecule has 0 amide bonds. The maximum Gasteiger partial charge on any atom is 0.433 e. The smallest absolute Gasteiger partial charge is 0.367 e. The number of rotatable bonds is 3. The van der Waals surface area contributed by atoms with Crippen molar-refractivity contribution >= 4 is 17.4 Å². The molecule has 0 saturated heterocycles. The summed E-state index contributed by atoms with van der Waals surface area (Å²) in [5.74, 6) is -0.413. The van der Waals surface area contributed by atoms with Crippen LogP contribution in [0.2, 0.25) is 5.28 Å². The van der Waals surface area contributed by atoms with Crippen LogP contribution in [0.1, 0.15) is 19.0 Å². The molecule has 1 aromatic heterocycles. The van der Waals surface area contributed by atoms with Crippen molar-refractivity contribution in [2.45, 2.75) is 31.7 Å². The molecule has 0 aromatic carbocycles. The van der Waals surface area contributed by atoms with Crippen LogP contribution in [-0.2, 0) is 6.18 Å². The second kappa shape index (κ2) is 5.40. The highest BCUT2D eigenvalue weighted by Crippen LogP contribution is 2.30. The second-order valence-electron chi connectivity index (χ2n) is 3.77. The van der Waals surface area contributed by atoms with Crippen molar-refractivity contribution in [3.8, 4) is 0 Å². The fourth-order valence-electron chi connectivity index (χ4n) is 1.29. The quantitative estimate of drug-likeness (QED) is 0.680.